The van der Waals surface area contributed by atoms with Gasteiger partial charge < -0.3 is 14.6 Å². The molecule has 1 aliphatic heterocycles. The smallest absolute Gasteiger partial charge is 0.309 e. The molecule has 5 heteroatoms. The van der Waals surface area contributed by atoms with E-state index in [2.05, 4.69) is 9.64 Å². The average Bonchev–Trinajstić information content (AvgIpc) is 2.26. The molecule has 1 saturated heterocycles. The summed E-state index contributed by atoms with van der Waals surface area (Å²) < 4.78 is 10.2. The molecule has 0 aromatic rings. The Balaban J connectivity index is 2.44. The molecule has 0 aliphatic carbocycles. The van der Waals surface area contributed by atoms with Gasteiger partial charge in [-0.2, -0.15) is 0 Å². The number of aliphatic hydroxyl groups is 1. The van der Waals surface area contributed by atoms with Gasteiger partial charge in [-0.3, -0.25) is 9.69 Å². The lowest BCUT2D eigenvalue weighted by Gasteiger charge is -2.36. The first kappa shape index (κ1) is 13.4. The van der Waals surface area contributed by atoms with Crippen molar-refractivity contribution in [2.75, 3.05) is 33.4 Å². The third kappa shape index (κ3) is 3.73. The Hall–Kier alpha value is -0.650. The normalized spacial score (nSPS) is 28.8. The summed E-state index contributed by atoms with van der Waals surface area (Å²) in [6.07, 6.45) is -0.0515. The van der Waals surface area contributed by atoms with Crippen LogP contribution in [-0.2, 0) is 14.3 Å². The van der Waals surface area contributed by atoms with Crippen molar-refractivity contribution in [2.45, 2.75) is 26.1 Å². The third-order valence-corrected chi connectivity index (χ3v) is 2.74. The number of methoxy groups -OCH3 is 1. The zero-order valence-corrected chi connectivity index (χ0v) is 10.2. The molecule has 5 nitrogen and oxygen atoms in total. The molecule has 0 saturated carbocycles. The van der Waals surface area contributed by atoms with Crippen LogP contribution in [0.4, 0.5) is 0 Å². The summed E-state index contributed by atoms with van der Waals surface area (Å²) in [5.74, 6) is -0.339. The molecule has 3 unspecified atom stereocenters. The number of esters is 1. The minimum absolute atomic E-state index is 0.0213. The van der Waals surface area contributed by atoms with Crippen LogP contribution in [0.5, 0.6) is 0 Å². The number of carbonyl (C=O) groups is 1. The van der Waals surface area contributed by atoms with E-state index in [1.165, 1.54) is 7.11 Å². The Morgan fingerprint density at radius 1 is 1.62 bits per heavy atom. The summed E-state index contributed by atoms with van der Waals surface area (Å²) in [7, 11) is 1.40. The zero-order chi connectivity index (χ0) is 12.1. The maximum absolute atomic E-state index is 11.3. The van der Waals surface area contributed by atoms with Crippen molar-refractivity contribution in [3.8, 4) is 0 Å². The van der Waals surface area contributed by atoms with Gasteiger partial charge in [0.2, 0.25) is 0 Å². The van der Waals surface area contributed by atoms with Crippen molar-refractivity contribution in [3.63, 3.8) is 0 Å². The van der Waals surface area contributed by atoms with Crippen molar-refractivity contribution < 1.29 is 19.4 Å². The molecular weight excluding hydrogens is 210 g/mol. The van der Waals surface area contributed by atoms with E-state index in [1.807, 2.05) is 13.8 Å². The predicted octanol–water partition coefficient (Wildman–Crippen LogP) is -0.123. The van der Waals surface area contributed by atoms with Crippen LogP contribution in [-0.4, -0.2) is 61.5 Å². The van der Waals surface area contributed by atoms with E-state index < -0.39 is 0 Å². The topological polar surface area (TPSA) is 59.0 Å². The standard InChI is InChI=1S/C11H21NO4/c1-8(11(14)15-3)4-12-5-9(2)16-10(6-12)7-13/h8-10,13H,4-7H2,1-3H3. The van der Waals surface area contributed by atoms with Crippen LogP contribution in [0.1, 0.15) is 13.8 Å². The Bertz CT molecular complexity index is 234. The summed E-state index contributed by atoms with van der Waals surface area (Å²) >= 11 is 0. The predicted molar refractivity (Wildman–Crippen MR) is 59.0 cm³/mol. The van der Waals surface area contributed by atoms with Gasteiger partial charge >= 0.3 is 5.97 Å². The van der Waals surface area contributed by atoms with Crippen LogP contribution in [0.25, 0.3) is 0 Å². The number of carbonyl (C=O) groups excluding carboxylic acids is 1. The van der Waals surface area contributed by atoms with Crippen LogP contribution in [0.15, 0.2) is 0 Å². The first-order chi connectivity index (χ1) is 7.56. The number of nitrogens with zero attached hydrogens (tertiary/aromatic N) is 1. The first-order valence-corrected chi connectivity index (χ1v) is 5.63. The molecular formula is C11H21NO4. The van der Waals surface area contributed by atoms with Crippen LogP contribution in [0.3, 0.4) is 0 Å². The molecule has 16 heavy (non-hydrogen) atoms. The van der Waals surface area contributed by atoms with Crippen molar-refractivity contribution in [1.29, 1.82) is 0 Å². The molecule has 1 aliphatic rings. The fraction of sp³-hybridized carbons (Fsp3) is 0.909. The van der Waals surface area contributed by atoms with E-state index in [-0.39, 0.29) is 30.7 Å². The maximum atomic E-state index is 11.3. The van der Waals surface area contributed by atoms with E-state index in [4.69, 9.17) is 9.84 Å². The minimum atomic E-state index is -0.195. The molecule has 1 N–H and O–H groups in total. The molecule has 94 valence electrons. The van der Waals surface area contributed by atoms with Crippen LogP contribution in [0, 0.1) is 5.92 Å². The lowest BCUT2D eigenvalue weighted by molar-refractivity contribution is -0.147. The third-order valence-electron chi connectivity index (χ3n) is 2.74. The number of hydrogen-bond donors (Lipinski definition) is 1. The molecule has 0 spiro atoms. The molecule has 1 fully saturated rings. The second-order valence-electron chi connectivity index (χ2n) is 4.39. The highest BCUT2D eigenvalue weighted by molar-refractivity contribution is 5.72. The van der Waals surface area contributed by atoms with Crippen molar-refractivity contribution in [1.82, 2.24) is 4.90 Å². The van der Waals surface area contributed by atoms with Gasteiger partial charge in [-0.25, -0.2) is 0 Å². The first-order valence-electron chi connectivity index (χ1n) is 5.63. The molecule has 0 aromatic heterocycles. The number of rotatable bonds is 4. The van der Waals surface area contributed by atoms with Gasteiger partial charge in [-0.1, -0.05) is 6.92 Å². The lowest BCUT2D eigenvalue weighted by Crippen LogP contribution is -2.49. The largest absolute Gasteiger partial charge is 0.469 e. The van der Waals surface area contributed by atoms with Gasteiger partial charge in [-0.05, 0) is 6.92 Å². The van der Waals surface area contributed by atoms with Gasteiger partial charge in [0.15, 0.2) is 0 Å². The van der Waals surface area contributed by atoms with Gasteiger partial charge in [0.25, 0.3) is 0 Å². The Labute approximate surface area is 96.3 Å². The molecule has 0 amide bonds. The highest BCUT2D eigenvalue weighted by Crippen LogP contribution is 2.13. The van der Waals surface area contributed by atoms with E-state index in [0.717, 1.165) is 6.54 Å². The molecule has 3 atom stereocenters. The fourth-order valence-corrected chi connectivity index (χ4v) is 2.05. The lowest BCUT2D eigenvalue weighted by atomic mass is 10.1. The van der Waals surface area contributed by atoms with E-state index in [9.17, 15) is 4.79 Å². The summed E-state index contributed by atoms with van der Waals surface area (Å²) in [6, 6.07) is 0. The Morgan fingerprint density at radius 3 is 2.88 bits per heavy atom. The second kappa shape index (κ2) is 6.18. The summed E-state index contributed by atoms with van der Waals surface area (Å²) in [6.45, 7) is 5.95. The van der Waals surface area contributed by atoms with Crippen LogP contribution in [0.2, 0.25) is 0 Å². The van der Waals surface area contributed by atoms with Gasteiger partial charge in [0, 0.05) is 19.6 Å². The van der Waals surface area contributed by atoms with Gasteiger partial charge in [0.05, 0.1) is 31.8 Å². The summed E-state index contributed by atoms with van der Waals surface area (Å²) in [4.78, 5) is 13.4. The quantitative estimate of drug-likeness (QED) is 0.683. The molecule has 1 rings (SSSR count). The minimum Gasteiger partial charge on any atom is -0.469 e. The van der Waals surface area contributed by atoms with E-state index in [1.54, 1.807) is 0 Å². The van der Waals surface area contributed by atoms with Crippen LogP contribution < -0.4 is 0 Å². The SMILES string of the molecule is COC(=O)C(C)CN1CC(C)OC(CO)C1. The molecule has 0 radical (unpaired) electrons. The average molecular weight is 231 g/mol. The molecule has 1 heterocycles. The highest BCUT2D eigenvalue weighted by atomic mass is 16.5. The van der Waals surface area contributed by atoms with Gasteiger partial charge in [-0.15, -0.1) is 0 Å². The molecule has 0 bridgehead atoms. The zero-order valence-electron chi connectivity index (χ0n) is 10.2. The van der Waals surface area contributed by atoms with E-state index >= 15 is 0 Å². The summed E-state index contributed by atoms with van der Waals surface area (Å²) in [5, 5.41) is 9.07. The highest BCUT2D eigenvalue weighted by Gasteiger charge is 2.27. The monoisotopic (exact) mass is 231 g/mol. The summed E-state index contributed by atoms with van der Waals surface area (Å²) in [5.41, 5.74) is 0. The van der Waals surface area contributed by atoms with E-state index in [0.29, 0.717) is 13.1 Å². The molecule has 0 aromatic carbocycles. The van der Waals surface area contributed by atoms with Crippen molar-refractivity contribution in [3.05, 3.63) is 0 Å². The number of ether oxygens (including phenoxy) is 2. The Kier molecular flexibility index (Phi) is 5.18. The van der Waals surface area contributed by atoms with Crippen LogP contribution >= 0.6 is 0 Å². The number of aliphatic hydroxyl groups excluding tert-OH is 1. The number of hydrogen-bond acceptors (Lipinski definition) is 5. The number of morpholine rings is 1. The van der Waals surface area contributed by atoms with Gasteiger partial charge in [0.1, 0.15) is 0 Å². The fourth-order valence-electron chi connectivity index (χ4n) is 2.05. The maximum Gasteiger partial charge on any atom is 0.309 e. The van der Waals surface area contributed by atoms with Crippen molar-refractivity contribution >= 4 is 5.97 Å². The van der Waals surface area contributed by atoms with Crippen molar-refractivity contribution in [2.24, 2.45) is 5.92 Å². The second-order valence-corrected chi connectivity index (χ2v) is 4.39. The Morgan fingerprint density at radius 2 is 2.31 bits per heavy atom.